The van der Waals surface area contributed by atoms with Crippen LogP contribution in [0.2, 0.25) is 0 Å². The molecular weight excluding hydrogens is 417 g/mol. The third-order valence-electron chi connectivity index (χ3n) is 4.52. The Balaban J connectivity index is 2.16. The van der Waals surface area contributed by atoms with E-state index < -0.39 is 34.7 Å². The zero-order valence-electron chi connectivity index (χ0n) is 16.7. The lowest BCUT2D eigenvalue weighted by atomic mass is 10.1. The van der Waals surface area contributed by atoms with Gasteiger partial charge in [-0.2, -0.15) is 13.2 Å². The van der Waals surface area contributed by atoms with Crippen LogP contribution < -0.4 is 19.9 Å². The number of nitrogens with zero attached hydrogens (tertiary/aromatic N) is 1. The maximum Gasteiger partial charge on any atom is 0.416 e. The molecule has 0 saturated carbocycles. The third kappa shape index (κ3) is 4.23. The third-order valence-corrected chi connectivity index (χ3v) is 4.52. The van der Waals surface area contributed by atoms with Gasteiger partial charge in [-0.1, -0.05) is 6.07 Å². The van der Waals surface area contributed by atoms with Crippen LogP contribution in [0.4, 0.5) is 18.9 Å². The summed E-state index contributed by atoms with van der Waals surface area (Å²) in [5, 5.41) is 0.198. The number of amides is 1. The molecule has 1 heterocycles. The van der Waals surface area contributed by atoms with Gasteiger partial charge in [0, 0.05) is 19.7 Å². The van der Waals surface area contributed by atoms with Gasteiger partial charge in [0.1, 0.15) is 11.3 Å². The lowest BCUT2D eigenvalue weighted by Gasteiger charge is -2.20. The monoisotopic (exact) mass is 434 g/mol. The quantitative estimate of drug-likeness (QED) is 0.632. The molecule has 1 aromatic heterocycles. The van der Waals surface area contributed by atoms with Crippen molar-refractivity contribution in [3.05, 3.63) is 63.9 Å². The van der Waals surface area contributed by atoms with E-state index in [0.29, 0.717) is 0 Å². The summed E-state index contributed by atoms with van der Waals surface area (Å²) >= 11 is 0. The van der Waals surface area contributed by atoms with Gasteiger partial charge in [-0.3, -0.25) is 14.4 Å². The average Bonchev–Trinajstić information content (AvgIpc) is 2.71. The van der Waals surface area contributed by atoms with Gasteiger partial charge >= 0.3 is 12.1 Å². The molecule has 0 saturated heterocycles. The predicted octanol–water partition coefficient (Wildman–Crippen LogP) is 3.76. The van der Waals surface area contributed by atoms with Crippen molar-refractivity contribution >= 4 is 28.5 Å². The molecule has 2 aromatic carbocycles. The fourth-order valence-corrected chi connectivity index (χ4v) is 3.05. The maximum absolute atomic E-state index is 13.1. The number of hydrogen-bond donors (Lipinski definition) is 1. The molecule has 10 heteroatoms. The maximum atomic E-state index is 13.1. The lowest BCUT2D eigenvalue weighted by molar-refractivity contribution is -0.137. The van der Waals surface area contributed by atoms with Crippen LogP contribution in [-0.4, -0.2) is 31.0 Å². The zero-order valence-corrected chi connectivity index (χ0v) is 16.7. The van der Waals surface area contributed by atoms with E-state index in [1.807, 2.05) is 0 Å². The molecule has 1 N–H and O–H groups in total. The second kappa shape index (κ2) is 8.13. The molecule has 0 unspecified atom stereocenters. The van der Waals surface area contributed by atoms with E-state index >= 15 is 0 Å². The summed E-state index contributed by atoms with van der Waals surface area (Å²) in [5.41, 5.74) is -1.83. The molecule has 3 rings (SSSR count). The first-order chi connectivity index (χ1) is 14.5. The van der Waals surface area contributed by atoms with Crippen molar-refractivity contribution in [2.45, 2.75) is 13.1 Å². The van der Waals surface area contributed by atoms with Gasteiger partial charge in [0.15, 0.2) is 5.75 Å². The summed E-state index contributed by atoms with van der Waals surface area (Å²) in [4.78, 5) is 41.1. The number of esters is 1. The molecule has 1 amide bonds. The van der Waals surface area contributed by atoms with Crippen molar-refractivity contribution in [3.8, 4) is 11.5 Å². The molecule has 0 bridgehead atoms. The van der Waals surface area contributed by atoms with Crippen molar-refractivity contribution in [3.63, 3.8) is 0 Å². The minimum atomic E-state index is -4.53. The highest BCUT2D eigenvalue weighted by Gasteiger charge is 2.31. The smallest absolute Gasteiger partial charge is 0.416 e. The van der Waals surface area contributed by atoms with Crippen LogP contribution in [0.25, 0.3) is 10.9 Å². The van der Waals surface area contributed by atoms with Crippen LogP contribution in [0, 0.1) is 0 Å². The van der Waals surface area contributed by atoms with Crippen molar-refractivity contribution in [1.29, 1.82) is 0 Å². The topological polar surface area (TPSA) is 88.7 Å². The Kier molecular flexibility index (Phi) is 5.74. The summed E-state index contributed by atoms with van der Waals surface area (Å²) in [6, 6.07) is 8.54. The van der Waals surface area contributed by atoms with E-state index in [1.54, 1.807) is 18.2 Å². The Hall–Kier alpha value is -3.82. The van der Waals surface area contributed by atoms with Crippen molar-refractivity contribution in [1.82, 2.24) is 4.98 Å². The summed E-state index contributed by atoms with van der Waals surface area (Å²) < 4.78 is 48.9. The van der Waals surface area contributed by atoms with Gasteiger partial charge < -0.3 is 19.4 Å². The Morgan fingerprint density at radius 3 is 2.26 bits per heavy atom. The fraction of sp³-hybridized carbons (Fsp3) is 0.190. The SMILES string of the molecule is COc1cccc2[nH]c(=O)c(C(=O)N(C)c3ccc(C(F)(F)F)cc3)c(OC(C)=O)c12. The number of anilines is 1. The number of rotatable bonds is 4. The van der Waals surface area contributed by atoms with E-state index in [9.17, 15) is 27.6 Å². The number of hydrogen-bond acceptors (Lipinski definition) is 5. The van der Waals surface area contributed by atoms with Gasteiger partial charge in [0.25, 0.3) is 11.5 Å². The molecular formula is C21H17F3N2O5. The number of pyridine rings is 1. The number of carbonyl (C=O) groups excluding carboxylic acids is 2. The first-order valence-electron chi connectivity index (χ1n) is 8.91. The molecule has 0 atom stereocenters. The van der Waals surface area contributed by atoms with Gasteiger partial charge in [-0.05, 0) is 36.4 Å². The van der Waals surface area contributed by atoms with E-state index in [2.05, 4.69) is 4.98 Å². The highest BCUT2D eigenvalue weighted by molar-refractivity contribution is 6.11. The lowest BCUT2D eigenvalue weighted by Crippen LogP contribution is -2.32. The molecule has 7 nitrogen and oxygen atoms in total. The van der Waals surface area contributed by atoms with Crippen LogP contribution in [0.5, 0.6) is 11.5 Å². The van der Waals surface area contributed by atoms with E-state index in [1.165, 1.54) is 14.2 Å². The number of H-pyrrole nitrogens is 1. The highest BCUT2D eigenvalue weighted by atomic mass is 19.4. The normalized spacial score (nSPS) is 11.3. The molecule has 3 aromatic rings. The number of benzene rings is 2. The molecule has 0 fully saturated rings. The van der Waals surface area contributed by atoms with Crippen molar-refractivity contribution in [2.24, 2.45) is 0 Å². The molecule has 0 radical (unpaired) electrons. The average molecular weight is 434 g/mol. The standard InChI is InChI=1S/C21H17F3N2O5/c1-11(27)31-18-16-14(5-4-6-15(16)30-3)25-19(28)17(18)20(29)26(2)13-9-7-12(8-10-13)21(22,23)24/h4-10H,1-3H3,(H,25,28). The Bertz CT molecular complexity index is 1220. The van der Waals surface area contributed by atoms with E-state index in [4.69, 9.17) is 9.47 Å². The van der Waals surface area contributed by atoms with Gasteiger partial charge in [0.2, 0.25) is 0 Å². The summed E-state index contributed by atoms with van der Waals surface area (Å²) in [7, 11) is 2.65. The minimum absolute atomic E-state index is 0.103. The van der Waals surface area contributed by atoms with Crippen molar-refractivity contribution in [2.75, 3.05) is 19.1 Å². The number of methoxy groups -OCH3 is 1. The number of carbonyl (C=O) groups is 2. The van der Waals surface area contributed by atoms with Gasteiger partial charge in [0.05, 0.1) is 23.6 Å². The van der Waals surface area contributed by atoms with Crippen LogP contribution in [0.3, 0.4) is 0 Å². The van der Waals surface area contributed by atoms with Gasteiger partial charge in [-0.25, -0.2) is 0 Å². The van der Waals surface area contributed by atoms with Crippen LogP contribution in [0.15, 0.2) is 47.3 Å². The number of ether oxygens (including phenoxy) is 2. The predicted molar refractivity (Wildman–Crippen MR) is 107 cm³/mol. The van der Waals surface area contributed by atoms with Gasteiger partial charge in [-0.15, -0.1) is 0 Å². The molecule has 0 aliphatic rings. The van der Waals surface area contributed by atoms with Crippen LogP contribution in [-0.2, 0) is 11.0 Å². The number of halogens is 3. The second-order valence-corrected chi connectivity index (χ2v) is 6.54. The first kappa shape index (κ1) is 21.9. The molecule has 0 aliphatic heterocycles. The first-order valence-corrected chi connectivity index (χ1v) is 8.91. The Morgan fingerprint density at radius 2 is 1.71 bits per heavy atom. The number of alkyl halides is 3. The number of aromatic amines is 1. The molecule has 31 heavy (non-hydrogen) atoms. The van der Waals surface area contributed by atoms with Crippen molar-refractivity contribution < 1.29 is 32.2 Å². The molecule has 0 aliphatic carbocycles. The molecule has 0 spiro atoms. The molecule has 162 valence electrons. The fourth-order valence-electron chi connectivity index (χ4n) is 3.05. The zero-order chi connectivity index (χ0) is 22.9. The van der Waals surface area contributed by atoms with E-state index in [-0.39, 0.29) is 28.1 Å². The second-order valence-electron chi connectivity index (χ2n) is 6.54. The largest absolute Gasteiger partial charge is 0.496 e. The summed E-state index contributed by atoms with van der Waals surface area (Å²) in [5.74, 6) is -1.71. The number of nitrogens with one attached hydrogen (secondary N) is 1. The minimum Gasteiger partial charge on any atom is -0.496 e. The number of aromatic nitrogens is 1. The number of fused-ring (bicyclic) bond motifs is 1. The van der Waals surface area contributed by atoms with Crippen LogP contribution >= 0.6 is 0 Å². The Labute approximate surface area is 174 Å². The Morgan fingerprint density at radius 1 is 1.06 bits per heavy atom. The van der Waals surface area contributed by atoms with Crippen LogP contribution in [0.1, 0.15) is 22.8 Å². The summed E-state index contributed by atoms with van der Waals surface area (Å²) in [6.45, 7) is 1.11. The van der Waals surface area contributed by atoms with E-state index in [0.717, 1.165) is 36.1 Å². The summed E-state index contributed by atoms with van der Waals surface area (Å²) in [6.07, 6.45) is -4.53. The highest BCUT2D eigenvalue weighted by Crippen LogP contribution is 2.35.